The number of nitrogens with two attached hydrogens (primary N) is 1. The Labute approximate surface area is 118 Å². The van der Waals surface area contributed by atoms with Crippen LogP contribution >= 0.6 is 0 Å². The maximum Gasteiger partial charge on any atom is 0.125 e. The van der Waals surface area contributed by atoms with Crippen molar-refractivity contribution in [1.29, 1.82) is 0 Å². The molecule has 0 atom stereocenters. The highest BCUT2D eigenvalue weighted by atomic mass is 19.1. The Kier molecular flexibility index (Phi) is 4.45. The van der Waals surface area contributed by atoms with Crippen LogP contribution < -0.4 is 15.8 Å². The zero-order chi connectivity index (χ0) is 14.5. The second-order valence-electron chi connectivity index (χ2n) is 4.72. The van der Waals surface area contributed by atoms with Gasteiger partial charge in [-0.1, -0.05) is 13.0 Å². The second kappa shape index (κ2) is 6.28. The van der Waals surface area contributed by atoms with Gasteiger partial charge in [-0.2, -0.15) is 0 Å². The number of hydrogen-bond acceptors (Lipinski definition) is 3. The molecule has 2 aromatic carbocycles. The zero-order valence-corrected chi connectivity index (χ0v) is 11.7. The van der Waals surface area contributed by atoms with Gasteiger partial charge in [0.15, 0.2) is 0 Å². The quantitative estimate of drug-likeness (QED) is 0.801. The van der Waals surface area contributed by atoms with Crippen molar-refractivity contribution >= 4 is 17.1 Å². The van der Waals surface area contributed by atoms with Crippen LogP contribution in [0.3, 0.4) is 0 Å². The van der Waals surface area contributed by atoms with Crippen LogP contribution in [-0.4, -0.2) is 6.61 Å². The summed E-state index contributed by atoms with van der Waals surface area (Å²) < 4.78 is 18.9. The number of nitrogen functional groups attached to an aromatic ring is 1. The standard InChI is InChI=1S/C16H19FN2O/c1-3-6-20-15-9-13(18)8-14(10-15)19-16-7-12(17)5-4-11(16)2/h4-5,7-10,19H,3,6,18H2,1-2H3. The van der Waals surface area contributed by atoms with Gasteiger partial charge in [0.05, 0.1) is 6.61 Å². The van der Waals surface area contributed by atoms with Gasteiger partial charge in [-0.05, 0) is 37.1 Å². The number of aryl methyl sites for hydroxylation is 1. The van der Waals surface area contributed by atoms with E-state index in [9.17, 15) is 4.39 Å². The maximum atomic E-state index is 13.3. The minimum atomic E-state index is -0.274. The molecule has 3 N–H and O–H groups in total. The highest BCUT2D eigenvalue weighted by molar-refractivity contribution is 5.68. The van der Waals surface area contributed by atoms with E-state index in [1.807, 2.05) is 19.9 Å². The van der Waals surface area contributed by atoms with E-state index in [0.29, 0.717) is 18.0 Å². The number of nitrogens with one attached hydrogen (secondary N) is 1. The van der Waals surface area contributed by atoms with Crippen LogP contribution in [0.1, 0.15) is 18.9 Å². The van der Waals surface area contributed by atoms with Gasteiger partial charge in [0.2, 0.25) is 0 Å². The molecule has 0 radical (unpaired) electrons. The van der Waals surface area contributed by atoms with Crippen molar-refractivity contribution in [2.45, 2.75) is 20.3 Å². The number of hydrogen-bond donors (Lipinski definition) is 2. The molecule has 0 spiro atoms. The third-order valence-corrected chi connectivity index (χ3v) is 2.88. The van der Waals surface area contributed by atoms with Crippen molar-refractivity contribution in [3.63, 3.8) is 0 Å². The van der Waals surface area contributed by atoms with Crippen LogP contribution in [0.4, 0.5) is 21.5 Å². The maximum absolute atomic E-state index is 13.3. The molecular formula is C16H19FN2O. The largest absolute Gasteiger partial charge is 0.493 e. The van der Waals surface area contributed by atoms with Crippen molar-refractivity contribution in [2.75, 3.05) is 17.7 Å². The van der Waals surface area contributed by atoms with Crippen LogP contribution in [0.2, 0.25) is 0 Å². The van der Waals surface area contributed by atoms with E-state index in [-0.39, 0.29) is 5.82 Å². The summed E-state index contributed by atoms with van der Waals surface area (Å²) in [5.74, 6) is 0.438. The zero-order valence-electron chi connectivity index (χ0n) is 11.7. The van der Waals surface area contributed by atoms with Gasteiger partial charge in [0, 0.05) is 29.2 Å². The Morgan fingerprint density at radius 2 is 2.00 bits per heavy atom. The Morgan fingerprint density at radius 3 is 2.75 bits per heavy atom. The average Bonchev–Trinajstić information content (AvgIpc) is 2.40. The lowest BCUT2D eigenvalue weighted by molar-refractivity contribution is 0.318. The first-order chi connectivity index (χ1) is 9.58. The lowest BCUT2D eigenvalue weighted by atomic mass is 10.2. The van der Waals surface area contributed by atoms with E-state index in [1.54, 1.807) is 18.2 Å². The number of halogens is 1. The molecule has 4 heteroatoms. The average molecular weight is 274 g/mol. The van der Waals surface area contributed by atoms with Gasteiger partial charge in [-0.25, -0.2) is 4.39 Å². The Morgan fingerprint density at radius 1 is 1.20 bits per heavy atom. The summed E-state index contributed by atoms with van der Waals surface area (Å²) in [6.45, 7) is 4.60. The Hall–Kier alpha value is -2.23. The van der Waals surface area contributed by atoms with E-state index < -0.39 is 0 Å². The molecule has 2 aromatic rings. The summed E-state index contributed by atoms with van der Waals surface area (Å²) in [5, 5.41) is 3.17. The van der Waals surface area contributed by atoms with Gasteiger partial charge in [-0.3, -0.25) is 0 Å². The minimum Gasteiger partial charge on any atom is -0.493 e. The number of ether oxygens (including phenoxy) is 1. The highest BCUT2D eigenvalue weighted by Crippen LogP contribution is 2.27. The Bertz CT molecular complexity index is 599. The van der Waals surface area contributed by atoms with E-state index in [0.717, 1.165) is 23.4 Å². The highest BCUT2D eigenvalue weighted by Gasteiger charge is 2.04. The lowest BCUT2D eigenvalue weighted by Gasteiger charge is -2.12. The number of anilines is 3. The van der Waals surface area contributed by atoms with Crippen molar-refractivity contribution in [3.8, 4) is 5.75 Å². The summed E-state index contributed by atoms with van der Waals surface area (Å²) in [6.07, 6.45) is 0.931. The molecule has 0 heterocycles. The van der Waals surface area contributed by atoms with Gasteiger partial charge < -0.3 is 15.8 Å². The fourth-order valence-corrected chi connectivity index (χ4v) is 1.88. The molecule has 0 unspecified atom stereocenters. The predicted molar refractivity (Wildman–Crippen MR) is 81.1 cm³/mol. The third kappa shape index (κ3) is 3.63. The molecule has 0 aliphatic rings. The first kappa shape index (κ1) is 14.2. The molecule has 0 saturated carbocycles. The molecule has 0 amide bonds. The Balaban J connectivity index is 2.24. The molecule has 106 valence electrons. The smallest absolute Gasteiger partial charge is 0.125 e. The van der Waals surface area contributed by atoms with Crippen molar-refractivity contribution in [1.82, 2.24) is 0 Å². The minimum absolute atomic E-state index is 0.274. The van der Waals surface area contributed by atoms with Crippen LogP contribution in [0.5, 0.6) is 5.75 Å². The van der Waals surface area contributed by atoms with Gasteiger partial charge in [-0.15, -0.1) is 0 Å². The molecular weight excluding hydrogens is 255 g/mol. The second-order valence-corrected chi connectivity index (χ2v) is 4.72. The van der Waals surface area contributed by atoms with E-state index >= 15 is 0 Å². The van der Waals surface area contributed by atoms with E-state index in [2.05, 4.69) is 5.32 Å². The monoisotopic (exact) mass is 274 g/mol. The first-order valence-electron chi connectivity index (χ1n) is 6.65. The topological polar surface area (TPSA) is 47.3 Å². The third-order valence-electron chi connectivity index (χ3n) is 2.88. The SMILES string of the molecule is CCCOc1cc(N)cc(Nc2cc(F)ccc2C)c1. The summed E-state index contributed by atoms with van der Waals surface area (Å²) in [6, 6.07) is 10.1. The van der Waals surface area contributed by atoms with Crippen LogP contribution in [0, 0.1) is 12.7 Å². The summed E-state index contributed by atoms with van der Waals surface area (Å²) in [4.78, 5) is 0. The van der Waals surface area contributed by atoms with Crippen molar-refractivity contribution in [3.05, 3.63) is 47.8 Å². The lowest BCUT2D eigenvalue weighted by Crippen LogP contribution is -1.99. The van der Waals surface area contributed by atoms with E-state index in [1.165, 1.54) is 12.1 Å². The van der Waals surface area contributed by atoms with Crippen LogP contribution in [0.15, 0.2) is 36.4 Å². The molecule has 0 aliphatic heterocycles. The van der Waals surface area contributed by atoms with Gasteiger partial charge in [0.1, 0.15) is 11.6 Å². The van der Waals surface area contributed by atoms with Gasteiger partial charge in [0.25, 0.3) is 0 Å². The molecule has 0 aromatic heterocycles. The summed E-state index contributed by atoms with van der Waals surface area (Å²) in [5.41, 5.74) is 8.93. The van der Waals surface area contributed by atoms with Crippen molar-refractivity contribution < 1.29 is 9.13 Å². The summed E-state index contributed by atoms with van der Waals surface area (Å²) in [7, 11) is 0. The predicted octanol–water partition coefficient (Wildman–Crippen LogP) is 4.25. The number of rotatable bonds is 5. The van der Waals surface area contributed by atoms with E-state index in [4.69, 9.17) is 10.5 Å². The molecule has 0 aliphatic carbocycles. The number of benzene rings is 2. The fraction of sp³-hybridized carbons (Fsp3) is 0.250. The summed E-state index contributed by atoms with van der Waals surface area (Å²) >= 11 is 0. The molecule has 3 nitrogen and oxygen atoms in total. The fourth-order valence-electron chi connectivity index (χ4n) is 1.88. The van der Waals surface area contributed by atoms with Crippen LogP contribution in [0.25, 0.3) is 0 Å². The molecule has 0 bridgehead atoms. The first-order valence-corrected chi connectivity index (χ1v) is 6.65. The molecule has 20 heavy (non-hydrogen) atoms. The molecule has 0 saturated heterocycles. The molecule has 2 rings (SSSR count). The van der Waals surface area contributed by atoms with Crippen molar-refractivity contribution in [2.24, 2.45) is 0 Å². The van der Waals surface area contributed by atoms with Gasteiger partial charge >= 0.3 is 0 Å². The normalized spacial score (nSPS) is 10.3. The molecule has 0 fully saturated rings. The van der Waals surface area contributed by atoms with Crippen LogP contribution in [-0.2, 0) is 0 Å².